The summed E-state index contributed by atoms with van der Waals surface area (Å²) in [6, 6.07) is 6.22. The minimum Gasteiger partial charge on any atom is -0.376 e. The minimum absolute atomic E-state index is 0.0133. The number of aromatic nitrogens is 1. The topological polar surface area (TPSA) is 89.4 Å². The smallest absolute Gasteiger partial charge is 0.256 e. The minimum atomic E-state index is -0.583. The normalized spacial score (nSPS) is 18.6. The molecule has 0 bridgehead atoms. The van der Waals surface area contributed by atoms with Crippen molar-refractivity contribution in [2.45, 2.75) is 70.1 Å². The summed E-state index contributed by atoms with van der Waals surface area (Å²) in [5.74, 6) is -1.32. The number of hydrogen-bond donors (Lipinski definition) is 2. The number of amides is 2. The van der Waals surface area contributed by atoms with Crippen LogP contribution in [0.25, 0.3) is 0 Å². The zero-order valence-corrected chi connectivity index (χ0v) is 19.4. The van der Waals surface area contributed by atoms with Crippen LogP contribution in [-0.4, -0.2) is 41.7 Å². The highest BCUT2D eigenvalue weighted by atomic mass is 19.1. The first-order valence-corrected chi connectivity index (χ1v) is 12.2. The molecular weight excluding hydrogens is 437 g/mol. The van der Waals surface area contributed by atoms with E-state index >= 15 is 0 Å². The molecule has 2 N–H and O–H groups in total. The molecule has 1 aliphatic heterocycles. The van der Waals surface area contributed by atoms with Gasteiger partial charge in [0.15, 0.2) is 0 Å². The third-order valence-corrected chi connectivity index (χ3v) is 6.54. The van der Waals surface area contributed by atoms with Gasteiger partial charge in [-0.15, -0.1) is 0 Å². The van der Waals surface area contributed by atoms with E-state index in [2.05, 4.69) is 10.6 Å². The Morgan fingerprint density at radius 2 is 1.79 bits per heavy atom. The van der Waals surface area contributed by atoms with Gasteiger partial charge in [0.2, 0.25) is 5.43 Å². The predicted molar refractivity (Wildman–Crippen MR) is 126 cm³/mol. The first-order valence-electron chi connectivity index (χ1n) is 12.2. The molecule has 0 radical (unpaired) electrons. The molecular formula is C26H32FN3O4. The molecule has 1 aromatic carbocycles. The molecule has 1 saturated heterocycles. The lowest BCUT2D eigenvalue weighted by molar-refractivity contribution is 0.0912. The molecule has 0 spiro atoms. The molecule has 1 saturated carbocycles. The Morgan fingerprint density at radius 1 is 1.03 bits per heavy atom. The van der Waals surface area contributed by atoms with Crippen molar-refractivity contribution in [3.05, 3.63) is 69.4 Å². The zero-order valence-electron chi connectivity index (χ0n) is 19.4. The largest absolute Gasteiger partial charge is 0.376 e. The van der Waals surface area contributed by atoms with Gasteiger partial charge in [-0.3, -0.25) is 14.4 Å². The van der Waals surface area contributed by atoms with E-state index in [-0.39, 0.29) is 35.6 Å². The molecule has 2 amide bonds. The molecule has 7 nitrogen and oxygen atoms in total. The van der Waals surface area contributed by atoms with Gasteiger partial charge in [0.1, 0.15) is 16.9 Å². The summed E-state index contributed by atoms with van der Waals surface area (Å²) >= 11 is 0. The Bertz CT molecular complexity index is 1070. The molecule has 2 aromatic rings. The predicted octanol–water partition coefficient (Wildman–Crippen LogP) is 3.20. The van der Waals surface area contributed by atoms with Crippen molar-refractivity contribution in [2.75, 3.05) is 13.2 Å². The van der Waals surface area contributed by atoms with Crippen LogP contribution < -0.4 is 16.1 Å². The average molecular weight is 470 g/mol. The van der Waals surface area contributed by atoms with Crippen LogP contribution >= 0.6 is 0 Å². The van der Waals surface area contributed by atoms with Gasteiger partial charge < -0.3 is 19.9 Å². The van der Waals surface area contributed by atoms with Crippen molar-refractivity contribution in [1.29, 1.82) is 0 Å². The summed E-state index contributed by atoms with van der Waals surface area (Å²) in [4.78, 5) is 39.1. The highest BCUT2D eigenvalue weighted by molar-refractivity contribution is 5.99. The Labute approximate surface area is 198 Å². The van der Waals surface area contributed by atoms with Crippen molar-refractivity contribution in [2.24, 2.45) is 0 Å². The number of pyridine rings is 1. The Hall–Kier alpha value is -3.00. The first kappa shape index (κ1) is 24.1. The van der Waals surface area contributed by atoms with E-state index < -0.39 is 17.2 Å². The zero-order chi connectivity index (χ0) is 23.9. The standard InChI is InChI=1S/C26H32FN3O4/c27-19-7-4-6-18(14-19)11-12-28-25(32)22-16-30(15-21-10-5-13-34-21)17-23(24(22)31)26(33)29-20-8-2-1-3-9-20/h4,6-7,14,16-17,20-21H,1-3,5,8-13,15H2,(H,28,32)(H,29,33)/t21-/m0/s1. The summed E-state index contributed by atoms with van der Waals surface area (Å²) in [5.41, 5.74) is 0.0618. The summed E-state index contributed by atoms with van der Waals surface area (Å²) in [7, 11) is 0. The van der Waals surface area contributed by atoms with Crippen molar-refractivity contribution < 1.29 is 18.7 Å². The Morgan fingerprint density at radius 3 is 2.50 bits per heavy atom. The second-order valence-corrected chi connectivity index (χ2v) is 9.19. The van der Waals surface area contributed by atoms with Crippen LogP contribution in [0.15, 0.2) is 41.5 Å². The highest BCUT2D eigenvalue weighted by Gasteiger charge is 2.24. The number of ether oxygens (including phenoxy) is 1. The number of carbonyl (C=O) groups excluding carboxylic acids is 2. The number of nitrogens with zero attached hydrogens (tertiary/aromatic N) is 1. The fourth-order valence-electron chi connectivity index (χ4n) is 4.70. The van der Waals surface area contributed by atoms with Crippen LogP contribution in [0.3, 0.4) is 0 Å². The molecule has 2 fully saturated rings. The van der Waals surface area contributed by atoms with Gasteiger partial charge >= 0.3 is 0 Å². The number of halogens is 1. The maximum absolute atomic E-state index is 13.4. The van der Waals surface area contributed by atoms with Crippen molar-refractivity contribution in [3.63, 3.8) is 0 Å². The number of nitrogens with one attached hydrogen (secondary N) is 2. The van der Waals surface area contributed by atoms with Crippen LogP contribution in [0.4, 0.5) is 4.39 Å². The molecule has 2 heterocycles. The van der Waals surface area contributed by atoms with Crippen LogP contribution in [0.2, 0.25) is 0 Å². The quantitative estimate of drug-likeness (QED) is 0.621. The number of hydrogen-bond acceptors (Lipinski definition) is 4. The van der Waals surface area contributed by atoms with E-state index in [1.807, 2.05) is 0 Å². The van der Waals surface area contributed by atoms with Crippen LogP contribution in [0.5, 0.6) is 0 Å². The Balaban J connectivity index is 1.51. The summed E-state index contributed by atoms with van der Waals surface area (Å²) in [6.07, 6.45) is 10.4. The van der Waals surface area contributed by atoms with Gasteiger partial charge in [-0.2, -0.15) is 0 Å². The molecule has 0 unspecified atom stereocenters. The summed E-state index contributed by atoms with van der Waals surface area (Å²) in [5, 5.41) is 5.72. The number of carbonyl (C=O) groups is 2. The second kappa shape index (κ2) is 11.4. The van der Waals surface area contributed by atoms with Crippen molar-refractivity contribution in [3.8, 4) is 0 Å². The maximum Gasteiger partial charge on any atom is 0.256 e. The fraction of sp³-hybridized carbons (Fsp3) is 0.500. The third-order valence-electron chi connectivity index (χ3n) is 6.54. The molecule has 34 heavy (non-hydrogen) atoms. The van der Waals surface area contributed by atoms with Gasteiger partial charge in [0.25, 0.3) is 11.8 Å². The van der Waals surface area contributed by atoms with Gasteiger partial charge in [-0.05, 0) is 49.8 Å². The maximum atomic E-state index is 13.4. The number of rotatable bonds is 8. The second-order valence-electron chi connectivity index (χ2n) is 9.19. The van der Waals surface area contributed by atoms with Crippen LogP contribution in [0, 0.1) is 5.82 Å². The third kappa shape index (κ3) is 6.32. The Kier molecular flexibility index (Phi) is 8.11. The van der Waals surface area contributed by atoms with Gasteiger partial charge in [-0.25, -0.2) is 4.39 Å². The lowest BCUT2D eigenvalue weighted by Gasteiger charge is -2.23. The number of benzene rings is 1. The van der Waals surface area contributed by atoms with Crippen molar-refractivity contribution in [1.82, 2.24) is 15.2 Å². The van der Waals surface area contributed by atoms with E-state index in [9.17, 15) is 18.8 Å². The monoisotopic (exact) mass is 469 g/mol. The molecule has 1 aliphatic carbocycles. The highest BCUT2D eigenvalue weighted by Crippen LogP contribution is 2.18. The molecule has 1 atom stereocenters. The lowest BCUT2D eigenvalue weighted by atomic mass is 9.95. The van der Waals surface area contributed by atoms with Crippen molar-refractivity contribution >= 4 is 11.8 Å². The van der Waals surface area contributed by atoms with E-state index in [1.165, 1.54) is 24.5 Å². The lowest BCUT2D eigenvalue weighted by Crippen LogP contribution is -2.40. The SMILES string of the molecule is O=C(NCCc1cccc(F)c1)c1cn(C[C@@H]2CCCO2)cc(C(=O)NC2CCCCC2)c1=O. The van der Waals surface area contributed by atoms with Crippen LogP contribution in [0.1, 0.15) is 71.2 Å². The van der Waals surface area contributed by atoms with E-state index in [0.29, 0.717) is 19.6 Å². The molecule has 4 rings (SSSR count). The molecule has 8 heteroatoms. The van der Waals surface area contributed by atoms with Gasteiger partial charge in [-0.1, -0.05) is 31.4 Å². The molecule has 1 aromatic heterocycles. The van der Waals surface area contributed by atoms with Crippen LogP contribution in [-0.2, 0) is 17.7 Å². The fourth-order valence-corrected chi connectivity index (χ4v) is 4.70. The molecule has 2 aliphatic rings. The summed E-state index contributed by atoms with van der Waals surface area (Å²) in [6.45, 7) is 1.40. The van der Waals surface area contributed by atoms with Gasteiger partial charge in [0.05, 0.1) is 6.10 Å². The molecule has 182 valence electrons. The van der Waals surface area contributed by atoms with Gasteiger partial charge in [0, 0.05) is 38.1 Å². The van der Waals surface area contributed by atoms with E-state index in [4.69, 9.17) is 4.74 Å². The summed E-state index contributed by atoms with van der Waals surface area (Å²) < 4.78 is 20.8. The van der Waals surface area contributed by atoms with E-state index in [1.54, 1.807) is 16.7 Å². The van der Waals surface area contributed by atoms with E-state index in [0.717, 1.165) is 50.5 Å². The average Bonchev–Trinajstić information content (AvgIpc) is 3.33. The first-order chi connectivity index (χ1) is 16.5.